The van der Waals surface area contributed by atoms with Crippen LogP contribution in [0.15, 0.2) is 55.1 Å². The van der Waals surface area contributed by atoms with Crippen molar-refractivity contribution in [2.45, 2.75) is 32.6 Å². The molecule has 0 aliphatic heterocycles. The van der Waals surface area contributed by atoms with Crippen molar-refractivity contribution in [3.8, 4) is 5.75 Å². The van der Waals surface area contributed by atoms with Crippen LogP contribution in [0, 0.1) is 0 Å². The van der Waals surface area contributed by atoms with Gasteiger partial charge in [-0.25, -0.2) is 15.0 Å². The third kappa shape index (κ3) is 5.11. The van der Waals surface area contributed by atoms with Gasteiger partial charge in [-0.1, -0.05) is 39.0 Å². The molecule has 0 atom stereocenters. The second-order valence-electron chi connectivity index (χ2n) is 8.82. The maximum absolute atomic E-state index is 13.0. The van der Waals surface area contributed by atoms with Crippen LogP contribution in [0.5, 0.6) is 5.75 Å². The third-order valence-corrected chi connectivity index (χ3v) is 5.45. The number of aromatic amines is 1. The van der Waals surface area contributed by atoms with E-state index in [0.717, 1.165) is 34.6 Å². The predicted molar refractivity (Wildman–Crippen MR) is 130 cm³/mol. The zero-order valence-corrected chi connectivity index (χ0v) is 19.3. The van der Waals surface area contributed by atoms with E-state index in [4.69, 9.17) is 4.74 Å². The van der Waals surface area contributed by atoms with E-state index in [1.165, 1.54) is 6.33 Å². The van der Waals surface area contributed by atoms with E-state index in [1.807, 2.05) is 42.5 Å². The summed E-state index contributed by atoms with van der Waals surface area (Å²) in [5, 5.41) is 6.29. The topological polar surface area (TPSA) is 105 Å². The Morgan fingerprint density at radius 2 is 1.85 bits per heavy atom. The van der Waals surface area contributed by atoms with Crippen LogP contribution < -0.4 is 15.4 Å². The van der Waals surface area contributed by atoms with Gasteiger partial charge in [0.05, 0.1) is 19.0 Å². The number of aromatic nitrogens is 4. The molecule has 8 heteroatoms. The number of benzene rings is 2. The maximum atomic E-state index is 13.0. The molecule has 0 aliphatic carbocycles. The number of ether oxygens (including phenoxy) is 1. The summed E-state index contributed by atoms with van der Waals surface area (Å²) in [6, 6.07) is 13.6. The lowest BCUT2D eigenvalue weighted by Gasteiger charge is -2.21. The zero-order valence-electron chi connectivity index (χ0n) is 19.3. The number of nitrogens with one attached hydrogen (secondary N) is 3. The van der Waals surface area contributed by atoms with Crippen molar-refractivity contribution in [2.24, 2.45) is 0 Å². The number of anilines is 2. The van der Waals surface area contributed by atoms with E-state index in [1.54, 1.807) is 13.4 Å². The van der Waals surface area contributed by atoms with E-state index >= 15 is 0 Å². The second kappa shape index (κ2) is 9.28. The number of carbonyl (C=O) groups is 1. The van der Waals surface area contributed by atoms with Crippen molar-refractivity contribution in [1.82, 2.24) is 19.9 Å². The molecule has 2 aromatic carbocycles. The number of hydrogen-bond acceptors (Lipinski definition) is 6. The van der Waals surface area contributed by atoms with E-state index in [9.17, 15) is 4.79 Å². The van der Waals surface area contributed by atoms with Gasteiger partial charge in [0.2, 0.25) is 0 Å². The number of fused-ring (bicyclic) bond motifs is 1. The highest BCUT2D eigenvalue weighted by atomic mass is 16.5. The number of carbonyl (C=O) groups excluding carboxylic acids is 1. The fraction of sp³-hybridized carbons (Fsp3) is 0.280. The average molecular weight is 445 g/mol. The van der Waals surface area contributed by atoms with Gasteiger partial charge in [0.25, 0.3) is 5.91 Å². The number of imidazole rings is 1. The molecule has 0 fully saturated rings. The first kappa shape index (κ1) is 22.3. The Bertz CT molecular complexity index is 1260. The molecule has 4 aromatic rings. The van der Waals surface area contributed by atoms with Gasteiger partial charge in [0.1, 0.15) is 17.6 Å². The molecule has 2 aromatic heterocycles. The molecule has 0 spiro atoms. The summed E-state index contributed by atoms with van der Waals surface area (Å²) >= 11 is 0. The van der Waals surface area contributed by atoms with Gasteiger partial charge >= 0.3 is 0 Å². The van der Waals surface area contributed by atoms with Crippen LogP contribution in [-0.2, 0) is 11.8 Å². The van der Waals surface area contributed by atoms with Gasteiger partial charge in [-0.2, -0.15) is 0 Å². The van der Waals surface area contributed by atoms with Crippen molar-refractivity contribution in [1.29, 1.82) is 0 Å². The zero-order chi connectivity index (χ0) is 23.4. The maximum Gasteiger partial charge on any atom is 0.259 e. The molecule has 0 saturated carbocycles. The number of nitrogens with zero attached hydrogens (tertiary/aromatic N) is 3. The summed E-state index contributed by atoms with van der Waals surface area (Å²) < 4.78 is 5.41. The van der Waals surface area contributed by atoms with Crippen molar-refractivity contribution in [2.75, 3.05) is 24.3 Å². The SMILES string of the molecule is COc1ccc(C(C)(C)C)cc1C(=O)Nc1ccc(CCNc2ncnc3nc[nH]c23)cc1. The fourth-order valence-corrected chi connectivity index (χ4v) is 3.53. The molecule has 33 heavy (non-hydrogen) atoms. The summed E-state index contributed by atoms with van der Waals surface area (Å²) in [6.45, 7) is 7.05. The smallest absolute Gasteiger partial charge is 0.259 e. The minimum atomic E-state index is -0.195. The fourth-order valence-electron chi connectivity index (χ4n) is 3.53. The molecule has 8 nitrogen and oxygen atoms in total. The van der Waals surface area contributed by atoms with Crippen molar-refractivity contribution < 1.29 is 9.53 Å². The summed E-state index contributed by atoms with van der Waals surface area (Å²) in [5.74, 6) is 1.09. The van der Waals surface area contributed by atoms with Crippen LogP contribution >= 0.6 is 0 Å². The molecule has 170 valence electrons. The highest BCUT2D eigenvalue weighted by Gasteiger charge is 2.19. The van der Waals surface area contributed by atoms with Crippen LogP contribution in [0.3, 0.4) is 0 Å². The van der Waals surface area contributed by atoms with Crippen molar-refractivity contribution >= 4 is 28.6 Å². The molecule has 4 rings (SSSR count). The predicted octanol–water partition coefficient (Wildman–Crippen LogP) is 4.57. The first-order valence-corrected chi connectivity index (χ1v) is 10.8. The van der Waals surface area contributed by atoms with Crippen LogP contribution in [0.1, 0.15) is 42.3 Å². The van der Waals surface area contributed by atoms with Gasteiger partial charge in [-0.05, 0) is 47.2 Å². The molecule has 0 saturated heterocycles. The Balaban J connectivity index is 1.38. The van der Waals surface area contributed by atoms with Gasteiger partial charge < -0.3 is 20.4 Å². The second-order valence-corrected chi connectivity index (χ2v) is 8.82. The van der Waals surface area contributed by atoms with Crippen LogP contribution in [-0.4, -0.2) is 39.5 Å². The standard InChI is InChI=1S/C25H28N6O2/c1-25(2,3)17-7-10-20(33-4)19(13-17)24(32)31-18-8-5-16(6-9-18)11-12-26-22-21-23(28-14-27-21)30-15-29-22/h5-10,13-15H,11-12H2,1-4H3,(H,31,32)(H2,26,27,28,29,30). The van der Waals surface area contributed by atoms with Gasteiger partial charge in [0, 0.05) is 12.2 Å². The molecular weight excluding hydrogens is 416 g/mol. The van der Waals surface area contributed by atoms with E-state index in [2.05, 4.69) is 51.3 Å². The summed E-state index contributed by atoms with van der Waals surface area (Å²) in [5.41, 5.74) is 4.84. The van der Waals surface area contributed by atoms with Crippen molar-refractivity contribution in [3.05, 3.63) is 71.8 Å². The Morgan fingerprint density at radius 1 is 1.06 bits per heavy atom. The molecule has 0 unspecified atom stereocenters. The van der Waals surface area contributed by atoms with E-state index in [0.29, 0.717) is 23.5 Å². The summed E-state index contributed by atoms with van der Waals surface area (Å²) in [7, 11) is 1.57. The molecule has 0 radical (unpaired) electrons. The number of H-pyrrole nitrogens is 1. The van der Waals surface area contributed by atoms with Crippen LogP contribution in [0.2, 0.25) is 0 Å². The van der Waals surface area contributed by atoms with Crippen molar-refractivity contribution in [3.63, 3.8) is 0 Å². The number of amides is 1. The highest BCUT2D eigenvalue weighted by Crippen LogP contribution is 2.28. The van der Waals surface area contributed by atoms with E-state index < -0.39 is 0 Å². The summed E-state index contributed by atoms with van der Waals surface area (Å²) in [6.07, 6.45) is 3.90. The monoisotopic (exact) mass is 444 g/mol. The number of methoxy groups -OCH3 is 1. The Hall–Kier alpha value is -3.94. The third-order valence-electron chi connectivity index (χ3n) is 5.45. The lowest BCUT2D eigenvalue weighted by molar-refractivity contribution is 0.102. The van der Waals surface area contributed by atoms with E-state index in [-0.39, 0.29) is 11.3 Å². The molecule has 0 aliphatic rings. The quantitative estimate of drug-likeness (QED) is 0.386. The minimum Gasteiger partial charge on any atom is -0.496 e. The molecular formula is C25H28N6O2. The first-order chi connectivity index (χ1) is 15.8. The highest BCUT2D eigenvalue weighted by molar-refractivity contribution is 6.06. The Labute approximate surface area is 192 Å². The van der Waals surface area contributed by atoms with Gasteiger partial charge in [-0.3, -0.25) is 4.79 Å². The van der Waals surface area contributed by atoms with Gasteiger partial charge in [0.15, 0.2) is 11.5 Å². The normalized spacial score (nSPS) is 11.4. The van der Waals surface area contributed by atoms with Crippen LogP contribution in [0.25, 0.3) is 11.2 Å². The largest absolute Gasteiger partial charge is 0.496 e. The van der Waals surface area contributed by atoms with Gasteiger partial charge in [-0.15, -0.1) is 0 Å². The first-order valence-electron chi connectivity index (χ1n) is 10.8. The summed E-state index contributed by atoms with van der Waals surface area (Å²) in [4.78, 5) is 28.5. The van der Waals surface area contributed by atoms with Crippen LogP contribution in [0.4, 0.5) is 11.5 Å². The molecule has 1 amide bonds. The lowest BCUT2D eigenvalue weighted by Crippen LogP contribution is -2.17. The molecule has 0 bridgehead atoms. The molecule has 2 heterocycles. The average Bonchev–Trinajstić information content (AvgIpc) is 3.29. The lowest BCUT2D eigenvalue weighted by atomic mass is 9.86. The number of hydrogen-bond donors (Lipinski definition) is 3. The molecule has 3 N–H and O–H groups in total. The number of rotatable bonds is 7. The Morgan fingerprint density at radius 3 is 2.58 bits per heavy atom. The minimum absolute atomic E-state index is 0.0636. The Kier molecular flexibility index (Phi) is 6.26.